The van der Waals surface area contributed by atoms with Crippen LogP contribution in [0.5, 0.6) is 0 Å². The van der Waals surface area contributed by atoms with Gasteiger partial charge < -0.3 is 10.6 Å². The van der Waals surface area contributed by atoms with Crippen molar-refractivity contribution in [3.8, 4) is 0 Å². The van der Waals surface area contributed by atoms with Crippen LogP contribution >= 0.6 is 12.2 Å². The molecule has 0 aliphatic carbocycles. The number of nitrogens with zero attached hydrogens (tertiary/aromatic N) is 1. The third kappa shape index (κ3) is 6.05. The summed E-state index contributed by atoms with van der Waals surface area (Å²) in [6.07, 6.45) is -5.14. The minimum absolute atomic E-state index is 0.0370. The summed E-state index contributed by atoms with van der Waals surface area (Å²) >= 11 is 4.96. The summed E-state index contributed by atoms with van der Waals surface area (Å²) < 4.78 is 62.6. The Balaban J connectivity index is 2.68. The van der Waals surface area contributed by atoms with Crippen LogP contribution in [-0.2, 0) is 10.0 Å². The van der Waals surface area contributed by atoms with Crippen molar-refractivity contribution in [2.45, 2.75) is 37.4 Å². The molecule has 1 rings (SSSR count). The Kier molecular flexibility index (Phi) is 5.99. The summed E-state index contributed by atoms with van der Waals surface area (Å²) in [6, 6.07) is 0. The van der Waals surface area contributed by atoms with E-state index in [9.17, 15) is 21.6 Å². The van der Waals surface area contributed by atoms with Gasteiger partial charge in [0.1, 0.15) is 0 Å². The summed E-state index contributed by atoms with van der Waals surface area (Å²) in [7, 11) is -1.97. The maximum atomic E-state index is 12.1. The second-order valence-electron chi connectivity index (χ2n) is 5.39. The van der Waals surface area contributed by atoms with E-state index in [0.717, 1.165) is 0 Å². The molecule has 1 aliphatic heterocycles. The van der Waals surface area contributed by atoms with Gasteiger partial charge >= 0.3 is 6.18 Å². The second kappa shape index (κ2) is 6.76. The average molecular weight is 347 g/mol. The molecular weight excluding hydrogens is 327 g/mol. The number of hydrogen-bond acceptors (Lipinski definition) is 4. The fourth-order valence-corrected chi connectivity index (χ4v) is 4.07. The zero-order valence-corrected chi connectivity index (χ0v) is 13.4. The van der Waals surface area contributed by atoms with E-state index in [4.69, 9.17) is 18.0 Å². The molecule has 0 atom stereocenters. The fraction of sp³-hybridized carbons (Fsp3) is 0.909. The highest BCUT2D eigenvalue weighted by Crippen LogP contribution is 2.25. The van der Waals surface area contributed by atoms with Crippen LogP contribution in [0, 0.1) is 0 Å². The normalized spacial score (nSPS) is 20.4. The highest BCUT2D eigenvalue weighted by Gasteiger charge is 2.40. The first kappa shape index (κ1) is 18.6. The first-order chi connectivity index (χ1) is 9.46. The molecule has 3 N–H and O–H groups in total. The Morgan fingerprint density at radius 2 is 1.90 bits per heavy atom. The molecule has 0 unspecified atom stereocenters. The Labute approximate surface area is 128 Å². The van der Waals surface area contributed by atoms with Gasteiger partial charge in [0, 0.05) is 19.5 Å². The molecule has 1 aliphatic rings. The highest BCUT2D eigenvalue weighted by molar-refractivity contribution is 7.89. The van der Waals surface area contributed by atoms with Gasteiger partial charge in [0.15, 0.2) is 0 Å². The molecule has 0 bridgehead atoms. The van der Waals surface area contributed by atoms with Gasteiger partial charge in [-0.15, -0.1) is 0 Å². The Bertz CT molecular complexity index is 472. The maximum absolute atomic E-state index is 12.1. The maximum Gasteiger partial charge on any atom is 0.389 e. The lowest BCUT2D eigenvalue weighted by Gasteiger charge is -2.40. The van der Waals surface area contributed by atoms with Gasteiger partial charge in [0.25, 0.3) is 0 Å². The lowest BCUT2D eigenvalue weighted by Crippen LogP contribution is -2.61. The molecule has 10 heteroatoms. The minimum atomic E-state index is -4.36. The molecule has 0 radical (unpaired) electrons. The van der Waals surface area contributed by atoms with Crippen molar-refractivity contribution < 1.29 is 21.6 Å². The molecule has 0 saturated carbocycles. The van der Waals surface area contributed by atoms with Crippen LogP contribution in [0.4, 0.5) is 13.2 Å². The number of hydrogen-bond donors (Lipinski definition) is 2. The highest BCUT2D eigenvalue weighted by atomic mass is 32.2. The van der Waals surface area contributed by atoms with Gasteiger partial charge in [-0.1, -0.05) is 12.2 Å². The zero-order chi connectivity index (χ0) is 16.3. The lowest BCUT2D eigenvalue weighted by molar-refractivity contribution is -0.134. The summed E-state index contributed by atoms with van der Waals surface area (Å²) in [6.45, 7) is 1.23. The predicted molar refractivity (Wildman–Crippen MR) is 78.5 cm³/mol. The Morgan fingerprint density at radius 3 is 2.33 bits per heavy atom. The van der Waals surface area contributed by atoms with Crippen LogP contribution in [-0.4, -0.2) is 55.9 Å². The largest absolute Gasteiger partial charge is 0.392 e. The number of halogens is 3. The monoisotopic (exact) mass is 347 g/mol. The SMILES string of the molecule is CN1CCC(NS(=O)(=O)CCCC(F)(F)F)(C(N)=S)CC1. The summed E-state index contributed by atoms with van der Waals surface area (Å²) in [5.41, 5.74) is 4.63. The van der Waals surface area contributed by atoms with E-state index in [1.54, 1.807) is 0 Å². The molecule has 21 heavy (non-hydrogen) atoms. The van der Waals surface area contributed by atoms with E-state index in [1.165, 1.54) is 0 Å². The van der Waals surface area contributed by atoms with E-state index in [2.05, 4.69) is 4.72 Å². The smallest absolute Gasteiger partial charge is 0.389 e. The first-order valence-corrected chi connectivity index (χ1v) is 8.59. The molecule has 0 aromatic heterocycles. The molecule has 1 heterocycles. The summed E-state index contributed by atoms with van der Waals surface area (Å²) in [4.78, 5) is 2.05. The molecule has 0 aromatic carbocycles. The molecular formula is C11H20F3N3O2S2. The quantitative estimate of drug-likeness (QED) is 0.701. The third-order valence-corrected chi connectivity index (χ3v) is 5.46. The predicted octanol–water partition coefficient (Wildman–Crippen LogP) is 0.999. The van der Waals surface area contributed by atoms with Crippen LogP contribution in [0.15, 0.2) is 0 Å². The number of nitrogens with two attached hydrogens (primary N) is 1. The van der Waals surface area contributed by atoms with Crippen LogP contribution in [0.1, 0.15) is 25.7 Å². The van der Waals surface area contributed by atoms with Crippen molar-refractivity contribution >= 4 is 27.2 Å². The van der Waals surface area contributed by atoms with Gasteiger partial charge in [0.05, 0.1) is 16.3 Å². The summed E-state index contributed by atoms with van der Waals surface area (Å²) in [5, 5.41) is 0. The number of rotatable bonds is 6. The topological polar surface area (TPSA) is 75.4 Å². The van der Waals surface area contributed by atoms with Crippen molar-refractivity contribution in [3.63, 3.8) is 0 Å². The summed E-state index contributed by atoms with van der Waals surface area (Å²) in [5.74, 6) is -0.591. The zero-order valence-electron chi connectivity index (χ0n) is 11.7. The van der Waals surface area contributed by atoms with Crippen molar-refractivity contribution in [3.05, 3.63) is 0 Å². The number of nitrogens with one attached hydrogen (secondary N) is 1. The molecule has 5 nitrogen and oxygen atoms in total. The molecule has 0 spiro atoms. The van der Waals surface area contributed by atoms with Crippen LogP contribution < -0.4 is 10.5 Å². The number of likely N-dealkylation sites (tertiary alicyclic amines) is 1. The van der Waals surface area contributed by atoms with Crippen LogP contribution in [0.2, 0.25) is 0 Å². The van der Waals surface area contributed by atoms with Gasteiger partial charge in [-0.25, -0.2) is 13.1 Å². The minimum Gasteiger partial charge on any atom is -0.392 e. The number of piperidine rings is 1. The molecule has 0 aromatic rings. The number of alkyl halides is 3. The van der Waals surface area contributed by atoms with Gasteiger partial charge in [0.2, 0.25) is 10.0 Å². The number of thiocarbonyl (C=S) groups is 1. The van der Waals surface area contributed by atoms with Crippen molar-refractivity contribution in [1.82, 2.24) is 9.62 Å². The molecule has 1 fully saturated rings. The van der Waals surface area contributed by atoms with E-state index < -0.39 is 40.3 Å². The van der Waals surface area contributed by atoms with Crippen LogP contribution in [0.3, 0.4) is 0 Å². The van der Waals surface area contributed by atoms with E-state index >= 15 is 0 Å². The molecule has 124 valence electrons. The van der Waals surface area contributed by atoms with E-state index in [0.29, 0.717) is 25.9 Å². The van der Waals surface area contributed by atoms with Gasteiger partial charge in [-0.2, -0.15) is 13.2 Å². The molecule has 0 amide bonds. The van der Waals surface area contributed by atoms with Gasteiger partial charge in [-0.05, 0) is 26.3 Å². The second-order valence-corrected chi connectivity index (χ2v) is 7.67. The van der Waals surface area contributed by atoms with E-state index in [-0.39, 0.29) is 4.99 Å². The van der Waals surface area contributed by atoms with E-state index in [1.807, 2.05) is 11.9 Å². The lowest BCUT2D eigenvalue weighted by atomic mass is 9.89. The molecule has 1 saturated heterocycles. The third-order valence-electron chi connectivity index (χ3n) is 3.54. The van der Waals surface area contributed by atoms with Crippen molar-refractivity contribution in [2.75, 3.05) is 25.9 Å². The fourth-order valence-electron chi connectivity index (χ4n) is 2.21. The van der Waals surface area contributed by atoms with Crippen molar-refractivity contribution in [2.24, 2.45) is 5.73 Å². The number of sulfonamides is 1. The van der Waals surface area contributed by atoms with Gasteiger partial charge in [-0.3, -0.25) is 0 Å². The average Bonchev–Trinajstić information content (AvgIpc) is 2.29. The standard InChI is InChI=1S/C11H20F3N3O2S2/c1-17-6-4-10(5-7-17,9(15)20)16-21(18,19)8-2-3-11(12,13)14/h16H,2-8H2,1H3,(H2,15,20). The van der Waals surface area contributed by atoms with Crippen molar-refractivity contribution in [1.29, 1.82) is 0 Å². The Morgan fingerprint density at radius 1 is 1.38 bits per heavy atom. The first-order valence-electron chi connectivity index (χ1n) is 6.53. The van der Waals surface area contributed by atoms with Crippen LogP contribution in [0.25, 0.3) is 0 Å². The Hall–Kier alpha value is -0.450.